The molecule has 0 amide bonds. The average molecular weight is 203 g/mol. The molecule has 0 radical (unpaired) electrons. The van der Waals surface area contributed by atoms with Crippen molar-refractivity contribution in [3.8, 4) is 11.8 Å². The lowest BCUT2D eigenvalue weighted by molar-refractivity contribution is -0.120. The first kappa shape index (κ1) is 11.3. The number of ether oxygens (including phenoxy) is 1. The third-order valence-electron chi connectivity index (χ3n) is 2.06. The molecule has 0 saturated carbocycles. The fourth-order valence-electron chi connectivity index (χ4n) is 1.32. The molecule has 0 heterocycles. The number of Topliss-reactive ketones (excluding diaryl/α,β-unsaturated/α-hetero) is 1. The summed E-state index contributed by atoms with van der Waals surface area (Å²) in [7, 11) is 0. The number of nitriles is 1. The van der Waals surface area contributed by atoms with Gasteiger partial charge >= 0.3 is 0 Å². The quantitative estimate of drug-likeness (QED) is 0.753. The third kappa shape index (κ3) is 3.10. The van der Waals surface area contributed by atoms with Crippen LogP contribution in [0.2, 0.25) is 0 Å². The van der Waals surface area contributed by atoms with E-state index in [1.807, 2.05) is 32.0 Å². The Bertz CT molecular complexity index is 384. The van der Waals surface area contributed by atoms with E-state index >= 15 is 0 Å². The molecule has 0 saturated heterocycles. The smallest absolute Gasteiger partial charge is 0.184 e. The summed E-state index contributed by atoms with van der Waals surface area (Å²) in [5, 5.41) is 8.32. The van der Waals surface area contributed by atoms with E-state index in [-0.39, 0.29) is 18.8 Å². The average Bonchev–Trinajstić information content (AvgIpc) is 2.17. The van der Waals surface area contributed by atoms with Gasteiger partial charge in [-0.1, -0.05) is 18.2 Å². The molecule has 0 aromatic heterocycles. The summed E-state index contributed by atoms with van der Waals surface area (Å²) in [6.07, 6.45) is -0.0923. The lowest BCUT2D eigenvalue weighted by atomic mass is 10.1. The lowest BCUT2D eigenvalue weighted by Gasteiger charge is -2.10. The Labute approximate surface area is 89.3 Å². The van der Waals surface area contributed by atoms with E-state index in [1.165, 1.54) is 0 Å². The van der Waals surface area contributed by atoms with Crippen LogP contribution in [-0.4, -0.2) is 12.4 Å². The molecule has 0 spiro atoms. The molecule has 0 atom stereocenters. The maximum absolute atomic E-state index is 11.1. The minimum absolute atomic E-state index is 0.0285. The highest BCUT2D eigenvalue weighted by molar-refractivity contribution is 5.81. The molecule has 1 aromatic rings. The van der Waals surface area contributed by atoms with E-state index in [9.17, 15) is 4.79 Å². The molecule has 78 valence electrons. The zero-order valence-electron chi connectivity index (χ0n) is 8.91. The highest BCUT2D eigenvalue weighted by atomic mass is 16.5. The van der Waals surface area contributed by atoms with Crippen LogP contribution in [0.15, 0.2) is 18.2 Å². The monoisotopic (exact) mass is 203 g/mol. The Balaban J connectivity index is 2.66. The number of rotatable bonds is 4. The first-order valence-corrected chi connectivity index (χ1v) is 4.73. The molecule has 0 aliphatic heterocycles. The SMILES string of the molecule is Cc1cccc(C)c1OCC(=O)CC#N. The van der Waals surface area contributed by atoms with Crippen LogP contribution in [0, 0.1) is 25.2 Å². The zero-order valence-corrected chi connectivity index (χ0v) is 8.91. The number of benzene rings is 1. The molecule has 15 heavy (non-hydrogen) atoms. The normalized spacial score (nSPS) is 9.40. The van der Waals surface area contributed by atoms with E-state index in [1.54, 1.807) is 6.07 Å². The van der Waals surface area contributed by atoms with Gasteiger partial charge in [-0.2, -0.15) is 5.26 Å². The summed E-state index contributed by atoms with van der Waals surface area (Å²) in [4.78, 5) is 11.1. The summed E-state index contributed by atoms with van der Waals surface area (Å²) in [5.74, 6) is 0.545. The number of nitrogens with zero attached hydrogens (tertiary/aromatic N) is 1. The second-order valence-electron chi connectivity index (χ2n) is 3.38. The minimum Gasteiger partial charge on any atom is -0.485 e. The molecule has 0 N–H and O–H groups in total. The van der Waals surface area contributed by atoms with E-state index < -0.39 is 0 Å². The molecule has 0 bridgehead atoms. The summed E-state index contributed by atoms with van der Waals surface area (Å²) in [6, 6.07) is 7.60. The van der Waals surface area contributed by atoms with Crippen LogP contribution in [0.5, 0.6) is 5.75 Å². The number of aryl methyl sites for hydroxylation is 2. The van der Waals surface area contributed by atoms with Gasteiger partial charge in [-0.25, -0.2) is 0 Å². The van der Waals surface area contributed by atoms with Gasteiger partial charge in [-0.05, 0) is 25.0 Å². The molecule has 0 unspecified atom stereocenters. The van der Waals surface area contributed by atoms with Crippen LogP contribution in [0.4, 0.5) is 0 Å². The summed E-state index contributed by atoms with van der Waals surface area (Å²) < 4.78 is 5.38. The standard InChI is InChI=1S/C12H13NO2/c1-9-4-3-5-10(2)12(9)15-8-11(14)6-7-13/h3-5H,6,8H2,1-2H3. The van der Waals surface area contributed by atoms with Crippen molar-refractivity contribution < 1.29 is 9.53 Å². The third-order valence-corrected chi connectivity index (χ3v) is 2.06. The van der Waals surface area contributed by atoms with E-state index in [0.29, 0.717) is 0 Å². The van der Waals surface area contributed by atoms with Crippen molar-refractivity contribution in [1.29, 1.82) is 5.26 Å². The Morgan fingerprint density at radius 1 is 1.40 bits per heavy atom. The lowest BCUT2D eigenvalue weighted by Crippen LogP contribution is -2.11. The number of carbonyl (C=O) groups is 1. The number of hydrogen-bond acceptors (Lipinski definition) is 3. The van der Waals surface area contributed by atoms with Crippen LogP contribution in [-0.2, 0) is 4.79 Å². The van der Waals surface area contributed by atoms with Crippen LogP contribution < -0.4 is 4.74 Å². The predicted octanol–water partition coefficient (Wildman–Crippen LogP) is 2.17. The molecule has 0 fully saturated rings. The van der Waals surface area contributed by atoms with E-state index in [0.717, 1.165) is 16.9 Å². The Kier molecular flexibility index (Phi) is 3.87. The Morgan fingerprint density at radius 3 is 2.53 bits per heavy atom. The van der Waals surface area contributed by atoms with Gasteiger partial charge in [0, 0.05) is 0 Å². The van der Waals surface area contributed by atoms with Gasteiger partial charge in [0.05, 0.1) is 12.5 Å². The summed E-state index contributed by atoms with van der Waals surface area (Å²) in [6.45, 7) is 3.83. The number of carbonyl (C=O) groups excluding carboxylic acids is 1. The predicted molar refractivity (Wildman–Crippen MR) is 56.6 cm³/mol. The van der Waals surface area contributed by atoms with Gasteiger partial charge in [-0.15, -0.1) is 0 Å². The number of ketones is 1. The molecular formula is C12H13NO2. The van der Waals surface area contributed by atoms with Crippen molar-refractivity contribution in [3.63, 3.8) is 0 Å². The number of para-hydroxylation sites is 1. The van der Waals surface area contributed by atoms with Crippen molar-refractivity contribution in [2.24, 2.45) is 0 Å². The summed E-state index contributed by atoms with van der Waals surface area (Å²) in [5.41, 5.74) is 2.00. The molecule has 0 aliphatic carbocycles. The first-order chi connectivity index (χ1) is 7.15. The van der Waals surface area contributed by atoms with Crippen molar-refractivity contribution in [2.75, 3.05) is 6.61 Å². The Morgan fingerprint density at radius 2 is 2.00 bits per heavy atom. The number of hydrogen-bond donors (Lipinski definition) is 0. The second kappa shape index (κ2) is 5.16. The van der Waals surface area contributed by atoms with Crippen molar-refractivity contribution >= 4 is 5.78 Å². The maximum Gasteiger partial charge on any atom is 0.184 e. The van der Waals surface area contributed by atoms with Gasteiger partial charge in [0.15, 0.2) is 5.78 Å². The van der Waals surface area contributed by atoms with Crippen LogP contribution in [0.1, 0.15) is 17.5 Å². The highest BCUT2D eigenvalue weighted by Crippen LogP contribution is 2.22. The first-order valence-electron chi connectivity index (χ1n) is 4.73. The highest BCUT2D eigenvalue weighted by Gasteiger charge is 2.06. The second-order valence-corrected chi connectivity index (χ2v) is 3.38. The van der Waals surface area contributed by atoms with Gasteiger partial charge in [0.2, 0.25) is 0 Å². The van der Waals surface area contributed by atoms with Gasteiger partial charge in [0.1, 0.15) is 12.4 Å². The van der Waals surface area contributed by atoms with Crippen LogP contribution in [0.25, 0.3) is 0 Å². The van der Waals surface area contributed by atoms with Gasteiger partial charge in [-0.3, -0.25) is 4.79 Å². The van der Waals surface area contributed by atoms with Gasteiger partial charge in [0.25, 0.3) is 0 Å². The molecule has 3 nitrogen and oxygen atoms in total. The van der Waals surface area contributed by atoms with Crippen molar-refractivity contribution in [3.05, 3.63) is 29.3 Å². The van der Waals surface area contributed by atoms with E-state index in [4.69, 9.17) is 10.00 Å². The Hall–Kier alpha value is -1.82. The van der Waals surface area contributed by atoms with Crippen molar-refractivity contribution in [2.45, 2.75) is 20.3 Å². The maximum atomic E-state index is 11.1. The molecular weight excluding hydrogens is 190 g/mol. The van der Waals surface area contributed by atoms with Crippen molar-refractivity contribution in [1.82, 2.24) is 0 Å². The molecule has 1 rings (SSSR count). The van der Waals surface area contributed by atoms with Crippen LogP contribution in [0.3, 0.4) is 0 Å². The summed E-state index contributed by atoms with van der Waals surface area (Å²) >= 11 is 0. The molecule has 0 aliphatic rings. The van der Waals surface area contributed by atoms with Crippen LogP contribution >= 0.6 is 0 Å². The van der Waals surface area contributed by atoms with Gasteiger partial charge < -0.3 is 4.74 Å². The van der Waals surface area contributed by atoms with E-state index in [2.05, 4.69) is 0 Å². The molecule has 3 heteroatoms. The largest absolute Gasteiger partial charge is 0.485 e. The molecule has 1 aromatic carbocycles. The fourth-order valence-corrected chi connectivity index (χ4v) is 1.32. The topological polar surface area (TPSA) is 50.1 Å². The minimum atomic E-state index is -0.194. The zero-order chi connectivity index (χ0) is 11.3. The fraction of sp³-hybridized carbons (Fsp3) is 0.333.